The fourth-order valence-corrected chi connectivity index (χ4v) is 3.53. The number of benzene rings is 1. The lowest BCUT2D eigenvalue weighted by Crippen LogP contribution is -2.38. The molecule has 0 radical (unpaired) electrons. The van der Waals surface area contributed by atoms with Gasteiger partial charge in [0, 0.05) is 38.1 Å². The fourth-order valence-electron chi connectivity index (χ4n) is 3.53. The van der Waals surface area contributed by atoms with Crippen LogP contribution >= 0.6 is 24.8 Å². The number of rotatable bonds is 6. The molecule has 1 amide bonds. The molecule has 1 heterocycles. The van der Waals surface area contributed by atoms with Gasteiger partial charge in [0.15, 0.2) is 0 Å². The minimum Gasteiger partial charge on any atom is -0.352 e. The largest absolute Gasteiger partial charge is 0.352 e. The molecule has 0 saturated carbocycles. The molecule has 150 valence electrons. The molecule has 4 unspecified atom stereocenters. The lowest BCUT2D eigenvalue weighted by atomic mass is 9.91. The third kappa shape index (κ3) is 7.83. The lowest BCUT2D eigenvalue weighted by molar-refractivity contribution is -0.125. The Bertz CT molecular complexity index is 526. The first-order valence-electron chi connectivity index (χ1n) is 9.18. The second-order valence-corrected chi connectivity index (χ2v) is 7.82. The SMILES string of the molecule is CC1CC(C)CN(Cc2ccc(CNC(=O)C(C)C(C)N)cc2)C1.Cl.Cl. The van der Waals surface area contributed by atoms with Crippen molar-refractivity contribution in [2.45, 2.75) is 53.2 Å². The summed E-state index contributed by atoms with van der Waals surface area (Å²) < 4.78 is 0. The first-order valence-corrected chi connectivity index (χ1v) is 9.18. The maximum Gasteiger partial charge on any atom is 0.224 e. The van der Waals surface area contributed by atoms with Crippen LogP contribution in [0.2, 0.25) is 0 Å². The molecule has 1 saturated heterocycles. The molecule has 26 heavy (non-hydrogen) atoms. The second-order valence-electron chi connectivity index (χ2n) is 7.82. The van der Waals surface area contributed by atoms with Crippen LogP contribution in [0.4, 0.5) is 0 Å². The Morgan fingerprint density at radius 3 is 2.12 bits per heavy atom. The molecule has 1 fully saturated rings. The molecule has 2 rings (SSSR count). The van der Waals surface area contributed by atoms with Crippen molar-refractivity contribution in [1.29, 1.82) is 0 Å². The van der Waals surface area contributed by atoms with E-state index < -0.39 is 0 Å². The van der Waals surface area contributed by atoms with E-state index in [1.165, 1.54) is 25.1 Å². The Balaban J connectivity index is 0.00000312. The van der Waals surface area contributed by atoms with Crippen molar-refractivity contribution in [2.75, 3.05) is 13.1 Å². The summed E-state index contributed by atoms with van der Waals surface area (Å²) in [5.41, 5.74) is 8.24. The zero-order valence-corrected chi connectivity index (χ0v) is 18.0. The number of halogens is 2. The standard InChI is InChI=1S/C20H33N3O.2ClH/c1-14-9-15(2)12-23(11-14)13-19-7-5-18(6-8-19)10-22-20(24)16(3)17(4)21;;/h5-8,14-17H,9-13,21H2,1-4H3,(H,22,24);2*1H. The first kappa shape index (κ1) is 25.2. The molecule has 1 aliphatic heterocycles. The van der Waals surface area contributed by atoms with E-state index in [0.29, 0.717) is 6.54 Å². The van der Waals surface area contributed by atoms with Gasteiger partial charge < -0.3 is 11.1 Å². The highest BCUT2D eigenvalue weighted by atomic mass is 35.5. The van der Waals surface area contributed by atoms with Crippen LogP contribution < -0.4 is 11.1 Å². The number of carbonyl (C=O) groups excluding carboxylic acids is 1. The van der Waals surface area contributed by atoms with Gasteiger partial charge in [-0.05, 0) is 36.3 Å². The van der Waals surface area contributed by atoms with Crippen LogP contribution in [0.1, 0.15) is 45.2 Å². The smallest absolute Gasteiger partial charge is 0.224 e. The van der Waals surface area contributed by atoms with Gasteiger partial charge >= 0.3 is 0 Å². The summed E-state index contributed by atoms with van der Waals surface area (Å²) in [4.78, 5) is 14.5. The van der Waals surface area contributed by atoms with Crippen LogP contribution in [0.15, 0.2) is 24.3 Å². The summed E-state index contributed by atoms with van der Waals surface area (Å²) in [6.07, 6.45) is 1.34. The van der Waals surface area contributed by atoms with E-state index in [0.717, 1.165) is 23.9 Å². The van der Waals surface area contributed by atoms with Crippen molar-refractivity contribution in [2.24, 2.45) is 23.5 Å². The first-order chi connectivity index (χ1) is 11.3. The minimum atomic E-state index is -0.160. The fraction of sp³-hybridized carbons (Fsp3) is 0.650. The predicted molar refractivity (Wildman–Crippen MR) is 114 cm³/mol. The summed E-state index contributed by atoms with van der Waals surface area (Å²) in [6.45, 7) is 12.4. The van der Waals surface area contributed by atoms with Gasteiger partial charge in [-0.15, -0.1) is 24.8 Å². The van der Waals surface area contributed by atoms with E-state index in [1.54, 1.807) is 0 Å². The lowest BCUT2D eigenvalue weighted by Gasteiger charge is -2.35. The van der Waals surface area contributed by atoms with Crippen LogP contribution in [0, 0.1) is 17.8 Å². The molecule has 0 bridgehead atoms. The van der Waals surface area contributed by atoms with Crippen LogP contribution in [0.25, 0.3) is 0 Å². The number of amides is 1. The van der Waals surface area contributed by atoms with Crippen LogP contribution in [-0.4, -0.2) is 29.9 Å². The van der Waals surface area contributed by atoms with Gasteiger partial charge in [-0.2, -0.15) is 0 Å². The zero-order valence-electron chi connectivity index (χ0n) is 16.4. The van der Waals surface area contributed by atoms with Crippen LogP contribution in [-0.2, 0) is 17.9 Å². The van der Waals surface area contributed by atoms with Crippen molar-refractivity contribution in [3.05, 3.63) is 35.4 Å². The summed E-state index contributed by atoms with van der Waals surface area (Å²) in [5, 5.41) is 2.96. The number of likely N-dealkylation sites (tertiary alicyclic amines) is 1. The number of nitrogens with zero attached hydrogens (tertiary/aromatic N) is 1. The van der Waals surface area contributed by atoms with Gasteiger partial charge in [0.25, 0.3) is 0 Å². The van der Waals surface area contributed by atoms with E-state index >= 15 is 0 Å². The Kier molecular flexibility index (Phi) is 11.4. The van der Waals surface area contributed by atoms with Crippen LogP contribution in [0.3, 0.4) is 0 Å². The minimum absolute atomic E-state index is 0. The second kappa shape index (κ2) is 11.8. The third-order valence-corrected chi connectivity index (χ3v) is 5.04. The molecule has 6 heteroatoms. The normalized spacial score (nSPS) is 22.5. The maximum atomic E-state index is 12.0. The van der Waals surface area contributed by atoms with Gasteiger partial charge in [-0.3, -0.25) is 9.69 Å². The summed E-state index contributed by atoms with van der Waals surface area (Å²) in [6, 6.07) is 8.47. The number of nitrogens with one attached hydrogen (secondary N) is 1. The van der Waals surface area contributed by atoms with Crippen molar-refractivity contribution < 1.29 is 4.79 Å². The molecule has 0 spiro atoms. The number of piperidine rings is 1. The monoisotopic (exact) mass is 403 g/mol. The van der Waals surface area contributed by atoms with Gasteiger partial charge in [0.05, 0.1) is 0 Å². The van der Waals surface area contributed by atoms with Gasteiger partial charge in [0.1, 0.15) is 0 Å². The molecule has 0 aliphatic carbocycles. The van der Waals surface area contributed by atoms with E-state index in [9.17, 15) is 4.79 Å². The zero-order chi connectivity index (χ0) is 17.7. The average molecular weight is 404 g/mol. The molecule has 3 N–H and O–H groups in total. The number of carbonyl (C=O) groups is 1. The van der Waals surface area contributed by atoms with E-state index in [-0.39, 0.29) is 42.7 Å². The molecular formula is C20H35Cl2N3O. The van der Waals surface area contributed by atoms with Crippen LogP contribution in [0.5, 0.6) is 0 Å². The Morgan fingerprint density at radius 2 is 1.62 bits per heavy atom. The molecule has 4 atom stereocenters. The summed E-state index contributed by atoms with van der Waals surface area (Å²) in [5.74, 6) is 1.43. The number of hydrogen-bond donors (Lipinski definition) is 2. The molecule has 1 aliphatic rings. The van der Waals surface area contributed by atoms with E-state index in [4.69, 9.17) is 5.73 Å². The quantitative estimate of drug-likeness (QED) is 0.762. The Morgan fingerprint density at radius 1 is 1.12 bits per heavy atom. The Hall–Kier alpha value is -0.810. The highest BCUT2D eigenvalue weighted by Crippen LogP contribution is 2.22. The van der Waals surface area contributed by atoms with Crippen molar-refractivity contribution in [1.82, 2.24) is 10.2 Å². The molecule has 0 aromatic heterocycles. The number of nitrogens with two attached hydrogens (primary N) is 1. The molecule has 4 nitrogen and oxygen atoms in total. The van der Waals surface area contributed by atoms with Gasteiger partial charge in [0.2, 0.25) is 5.91 Å². The average Bonchev–Trinajstić information content (AvgIpc) is 2.52. The number of hydrogen-bond acceptors (Lipinski definition) is 3. The van der Waals surface area contributed by atoms with E-state index in [2.05, 4.69) is 48.3 Å². The molecule has 1 aromatic rings. The van der Waals surface area contributed by atoms with Crippen molar-refractivity contribution in [3.8, 4) is 0 Å². The van der Waals surface area contributed by atoms with Gasteiger partial charge in [-0.1, -0.05) is 45.0 Å². The summed E-state index contributed by atoms with van der Waals surface area (Å²) >= 11 is 0. The van der Waals surface area contributed by atoms with Crippen molar-refractivity contribution >= 4 is 30.7 Å². The molecule has 1 aromatic carbocycles. The molecular weight excluding hydrogens is 369 g/mol. The third-order valence-electron chi connectivity index (χ3n) is 5.04. The highest BCUT2D eigenvalue weighted by molar-refractivity contribution is 5.85. The van der Waals surface area contributed by atoms with Crippen molar-refractivity contribution in [3.63, 3.8) is 0 Å². The topological polar surface area (TPSA) is 58.4 Å². The maximum absolute atomic E-state index is 12.0. The Labute approximate surface area is 171 Å². The van der Waals surface area contributed by atoms with E-state index in [1.807, 2.05) is 13.8 Å². The summed E-state index contributed by atoms with van der Waals surface area (Å²) in [7, 11) is 0. The predicted octanol–water partition coefficient (Wildman–Crippen LogP) is 3.61. The highest BCUT2D eigenvalue weighted by Gasteiger charge is 2.21. The van der Waals surface area contributed by atoms with Gasteiger partial charge in [-0.25, -0.2) is 0 Å².